The zero-order chi connectivity index (χ0) is 20.1. The third-order valence-corrected chi connectivity index (χ3v) is 5.83. The van der Waals surface area contributed by atoms with Crippen LogP contribution in [-0.4, -0.2) is 38.5 Å². The molecule has 2 aliphatic rings. The Bertz CT molecular complexity index is 980. The minimum Gasteiger partial charge on any atom is -0.504 e. The Morgan fingerprint density at radius 3 is 2.89 bits per heavy atom. The van der Waals surface area contributed by atoms with Crippen LogP contribution in [0.1, 0.15) is 45.2 Å². The van der Waals surface area contributed by atoms with Crippen LogP contribution in [0, 0.1) is 5.41 Å². The van der Waals surface area contributed by atoms with Gasteiger partial charge in [0.15, 0.2) is 17.3 Å². The maximum Gasteiger partial charge on any atom is 0.227 e. The van der Waals surface area contributed by atoms with E-state index in [4.69, 9.17) is 4.74 Å². The number of carbonyl (C=O) groups excluding carboxylic acids is 1. The Kier molecular flexibility index (Phi) is 4.61. The van der Waals surface area contributed by atoms with Crippen molar-refractivity contribution in [1.82, 2.24) is 14.8 Å². The number of benzene rings is 1. The summed E-state index contributed by atoms with van der Waals surface area (Å²) in [5, 5.41) is 18.7. The van der Waals surface area contributed by atoms with E-state index in [0.29, 0.717) is 23.3 Å². The number of fused-ring (bicyclic) bond motifs is 1. The molecule has 0 bridgehead atoms. The molecule has 0 fully saturated rings. The number of methoxy groups -OCH3 is 1. The highest BCUT2D eigenvalue weighted by atomic mass is 32.2. The highest BCUT2D eigenvalue weighted by Crippen LogP contribution is 2.46. The molecule has 2 aromatic rings. The topological polar surface area (TPSA) is 89.3 Å². The second kappa shape index (κ2) is 6.84. The monoisotopic (exact) mass is 400 g/mol. The molecule has 2 heterocycles. The zero-order valence-electron chi connectivity index (χ0n) is 16.4. The van der Waals surface area contributed by atoms with Crippen LogP contribution in [-0.2, 0) is 4.79 Å². The molecular weight excluding hydrogens is 376 g/mol. The molecule has 0 saturated heterocycles. The fourth-order valence-corrected chi connectivity index (χ4v) is 4.51. The van der Waals surface area contributed by atoms with Crippen molar-refractivity contribution in [2.75, 3.05) is 18.2 Å². The lowest BCUT2D eigenvalue weighted by Crippen LogP contribution is -2.36. The lowest BCUT2D eigenvalue weighted by molar-refractivity contribution is -0.118. The van der Waals surface area contributed by atoms with Crippen molar-refractivity contribution in [2.45, 2.75) is 44.8 Å². The molecule has 0 radical (unpaired) electrons. The van der Waals surface area contributed by atoms with Gasteiger partial charge in [0.05, 0.1) is 7.11 Å². The summed E-state index contributed by atoms with van der Waals surface area (Å²) in [7, 11) is 1.51. The predicted octanol–water partition coefficient (Wildman–Crippen LogP) is 3.76. The maximum atomic E-state index is 13.1. The average Bonchev–Trinajstić information content (AvgIpc) is 3.01. The van der Waals surface area contributed by atoms with Gasteiger partial charge < -0.3 is 15.2 Å². The highest BCUT2D eigenvalue weighted by Gasteiger charge is 2.42. The fourth-order valence-electron chi connectivity index (χ4n) is 3.95. The number of phenols is 1. The van der Waals surface area contributed by atoms with Crippen LogP contribution in [0.4, 0.5) is 5.95 Å². The number of aromatic hydroxyl groups is 1. The summed E-state index contributed by atoms with van der Waals surface area (Å²) in [4.78, 5) is 17.8. The lowest BCUT2D eigenvalue weighted by atomic mass is 9.73. The summed E-state index contributed by atoms with van der Waals surface area (Å²) < 4.78 is 7.06. The molecule has 28 heavy (non-hydrogen) atoms. The van der Waals surface area contributed by atoms with E-state index in [1.165, 1.54) is 7.11 Å². The predicted molar refractivity (Wildman–Crippen MR) is 108 cm³/mol. The number of carbonyl (C=O) groups is 1. The molecule has 0 saturated carbocycles. The molecule has 1 aliphatic heterocycles. The Hall–Kier alpha value is -2.48. The van der Waals surface area contributed by atoms with Gasteiger partial charge in [-0.05, 0) is 35.3 Å². The number of rotatable bonds is 4. The summed E-state index contributed by atoms with van der Waals surface area (Å²) in [6.07, 6.45) is 1.25. The van der Waals surface area contributed by atoms with Crippen LogP contribution in [0.2, 0.25) is 0 Å². The van der Waals surface area contributed by atoms with E-state index in [1.54, 1.807) is 28.6 Å². The van der Waals surface area contributed by atoms with E-state index in [-0.39, 0.29) is 16.9 Å². The summed E-state index contributed by atoms with van der Waals surface area (Å²) >= 11 is 1.56. The van der Waals surface area contributed by atoms with Gasteiger partial charge in [0.2, 0.25) is 11.1 Å². The number of hydrogen-bond donors (Lipinski definition) is 2. The largest absolute Gasteiger partial charge is 0.504 e. The minimum atomic E-state index is -0.400. The highest BCUT2D eigenvalue weighted by molar-refractivity contribution is 7.99. The van der Waals surface area contributed by atoms with Crippen LogP contribution < -0.4 is 10.1 Å². The lowest BCUT2D eigenvalue weighted by Gasteiger charge is -2.38. The van der Waals surface area contributed by atoms with Crippen molar-refractivity contribution < 1.29 is 14.6 Å². The van der Waals surface area contributed by atoms with Gasteiger partial charge >= 0.3 is 0 Å². The smallest absolute Gasteiger partial charge is 0.227 e. The zero-order valence-corrected chi connectivity index (χ0v) is 17.3. The van der Waals surface area contributed by atoms with Gasteiger partial charge in [-0.15, -0.1) is 5.10 Å². The van der Waals surface area contributed by atoms with Crippen LogP contribution in [0.25, 0.3) is 0 Å². The number of nitrogens with zero attached hydrogens (tertiary/aromatic N) is 3. The van der Waals surface area contributed by atoms with Gasteiger partial charge in [-0.25, -0.2) is 4.68 Å². The van der Waals surface area contributed by atoms with Crippen molar-refractivity contribution in [3.05, 3.63) is 35.0 Å². The Morgan fingerprint density at radius 2 is 2.18 bits per heavy atom. The summed E-state index contributed by atoms with van der Waals surface area (Å²) in [6, 6.07) is 4.76. The molecular formula is C20H24N4O3S. The average molecular weight is 401 g/mol. The van der Waals surface area contributed by atoms with E-state index in [9.17, 15) is 9.90 Å². The standard InChI is InChI=1S/C20H24N4O3S/c1-5-28-19-22-18-21-12-9-20(2,3)10-14(26)16(12)17(24(18)23-19)11-6-7-13(25)15(8-11)27-4/h6-8,17,25H,5,9-10H2,1-4H3,(H,21,22,23)/t17-/m1/s1. The molecule has 0 unspecified atom stereocenters. The number of thioether (sulfide) groups is 1. The van der Waals surface area contributed by atoms with Gasteiger partial charge in [-0.3, -0.25) is 4.79 Å². The van der Waals surface area contributed by atoms with E-state index >= 15 is 0 Å². The molecule has 4 rings (SSSR count). The first-order valence-electron chi connectivity index (χ1n) is 9.32. The molecule has 1 aromatic carbocycles. The van der Waals surface area contributed by atoms with Crippen molar-refractivity contribution in [3.8, 4) is 11.5 Å². The van der Waals surface area contributed by atoms with E-state index < -0.39 is 6.04 Å². The summed E-state index contributed by atoms with van der Waals surface area (Å²) in [5.41, 5.74) is 2.35. The maximum absolute atomic E-state index is 13.1. The normalized spacial score (nSPS) is 20.4. The van der Waals surface area contributed by atoms with Crippen molar-refractivity contribution in [1.29, 1.82) is 0 Å². The van der Waals surface area contributed by atoms with Gasteiger partial charge in [0, 0.05) is 17.7 Å². The summed E-state index contributed by atoms with van der Waals surface area (Å²) in [5.74, 6) is 2.04. The molecule has 2 N–H and O–H groups in total. The molecule has 0 amide bonds. The van der Waals surface area contributed by atoms with Crippen LogP contribution >= 0.6 is 11.8 Å². The van der Waals surface area contributed by atoms with Crippen molar-refractivity contribution >= 4 is 23.5 Å². The van der Waals surface area contributed by atoms with Gasteiger partial charge in [-0.2, -0.15) is 4.98 Å². The Morgan fingerprint density at radius 1 is 1.39 bits per heavy atom. The molecule has 0 spiro atoms. The molecule has 148 valence electrons. The molecule has 1 aliphatic carbocycles. The van der Waals surface area contributed by atoms with Crippen LogP contribution in [0.5, 0.6) is 11.5 Å². The third kappa shape index (κ3) is 3.15. The van der Waals surface area contributed by atoms with Crippen LogP contribution in [0.3, 0.4) is 0 Å². The molecule has 7 nitrogen and oxygen atoms in total. The number of Topliss-reactive ketones (excluding diaryl/α,β-unsaturated/α-hetero) is 1. The number of anilines is 1. The molecule has 1 atom stereocenters. The van der Waals surface area contributed by atoms with Gasteiger partial charge in [-0.1, -0.05) is 38.6 Å². The number of hydrogen-bond acceptors (Lipinski definition) is 7. The first-order chi connectivity index (χ1) is 13.3. The third-order valence-electron chi connectivity index (χ3n) is 5.11. The number of aromatic nitrogens is 3. The first-order valence-corrected chi connectivity index (χ1v) is 10.3. The minimum absolute atomic E-state index is 0.0616. The first kappa shape index (κ1) is 18.9. The SMILES string of the molecule is CCSc1nc2n(n1)[C@H](c1ccc(O)c(OC)c1)C1=C(CC(C)(C)CC1=O)N2. The Balaban J connectivity index is 1.89. The van der Waals surface area contributed by atoms with E-state index in [0.717, 1.165) is 29.0 Å². The second-order valence-electron chi connectivity index (χ2n) is 7.89. The number of ether oxygens (including phenoxy) is 1. The van der Waals surface area contributed by atoms with Crippen molar-refractivity contribution in [3.63, 3.8) is 0 Å². The number of nitrogens with one attached hydrogen (secondary N) is 1. The number of allylic oxidation sites excluding steroid dienone is 2. The fraction of sp³-hybridized carbons (Fsp3) is 0.450. The number of phenolic OH excluding ortho intramolecular Hbond substituents is 1. The quantitative estimate of drug-likeness (QED) is 0.755. The molecule has 1 aromatic heterocycles. The second-order valence-corrected chi connectivity index (χ2v) is 9.12. The van der Waals surface area contributed by atoms with Crippen molar-refractivity contribution in [2.24, 2.45) is 5.41 Å². The molecule has 8 heteroatoms. The Labute approximate surface area is 168 Å². The number of ketones is 1. The van der Waals surface area contributed by atoms with Gasteiger partial charge in [0.1, 0.15) is 6.04 Å². The summed E-state index contributed by atoms with van der Waals surface area (Å²) in [6.45, 7) is 6.26. The van der Waals surface area contributed by atoms with Gasteiger partial charge in [0.25, 0.3) is 0 Å². The van der Waals surface area contributed by atoms with E-state index in [2.05, 4.69) is 36.2 Å². The van der Waals surface area contributed by atoms with Crippen LogP contribution in [0.15, 0.2) is 34.6 Å². The van der Waals surface area contributed by atoms with E-state index in [1.807, 2.05) is 6.07 Å².